The first kappa shape index (κ1) is 7.69. The van der Waals surface area contributed by atoms with Crippen LogP contribution in [0.2, 0.25) is 0 Å². The van der Waals surface area contributed by atoms with Gasteiger partial charge in [0.25, 0.3) is 0 Å². The van der Waals surface area contributed by atoms with E-state index < -0.39 is 5.60 Å². The lowest BCUT2D eigenvalue weighted by molar-refractivity contribution is 0.0707. The highest BCUT2D eigenvalue weighted by Gasteiger charge is 2.30. The van der Waals surface area contributed by atoms with Crippen LogP contribution < -0.4 is 0 Å². The molecule has 1 N–H and O–H groups in total. The molecule has 3 heteroatoms. The molecule has 0 aromatic rings. The van der Waals surface area contributed by atoms with Crippen molar-refractivity contribution in [3.8, 4) is 0 Å². The van der Waals surface area contributed by atoms with Crippen molar-refractivity contribution in [3.05, 3.63) is 0 Å². The third-order valence-corrected chi connectivity index (χ3v) is 1.82. The first-order chi connectivity index (χ1) is 4.64. The molecule has 57 valence electrons. The molecule has 1 radical (unpaired) electrons. The first-order valence-electron chi connectivity index (χ1n) is 3.44. The van der Waals surface area contributed by atoms with Gasteiger partial charge in [0, 0.05) is 13.1 Å². The Hall–Kier alpha value is -0.410. The van der Waals surface area contributed by atoms with E-state index in [0.29, 0.717) is 13.1 Å². The fraction of sp³-hybridized carbons (Fsp3) is 0.857. The molecule has 0 spiro atoms. The van der Waals surface area contributed by atoms with E-state index in [2.05, 4.69) is 0 Å². The van der Waals surface area contributed by atoms with Crippen LogP contribution in [0.3, 0.4) is 0 Å². The van der Waals surface area contributed by atoms with Gasteiger partial charge in [0.05, 0.1) is 12.1 Å². The van der Waals surface area contributed by atoms with E-state index in [1.54, 1.807) is 6.92 Å². The second-order valence-electron chi connectivity index (χ2n) is 3.10. The zero-order valence-corrected chi connectivity index (χ0v) is 6.13. The predicted octanol–water partition coefficient (Wildman–Crippen LogP) is -0.447. The maximum atomic E-state index is 9.92. The standard InChI is InChI=1S/C7H12NO2/c1-7(10)2-3-8(6-7)4-5-9/h10H,2-4,6H2,1H3/t7-/m0/s1. The van der Waals surface area contributed by atoms with Crippen molar-refractivity contribution in [3.63, 3.8) is 0 Å². The number of hydrogen-bond donors (Lipinski definition) is 1. The van der Waals surface area contributed by atoms with Crippen molar-refractivity contribution in [2.24, 2.45) is 0 Å². The van der Waals surface area contributed by atoms with Crippen molar-refractivity contribution in [1.29, 1.82) is 0 Å². The fourth-order valence-electron chi connectivity index (χ4n) is 1.27. The average Bonchev–Trinajstić information content (AvgIpc) is 2.12. The summed E-state index contributed by atoms with van der Waals surface area (Å²) in [6.07, 6.45) is 2.57. The lowest BCUT2D eigenvalue weighted by Crippen LogP contribution is -2.30. The number of rotatable bonds is 2. The molecule has 1 rings (SSSR count). The first-order valence-corrected chi connectivity index (χ1v) is 3.44. The van der Waals surface area contributed by atoms with Gasteiger partial charge in [-0.3, -0.25) is 9.69 Å². The molecule has 0 unspecified atom stereocenters. The van der Waals surface area contributed by atoms with E-state index in [1.165, 1.54) is 0 Å². The smallest absolute Gasteiger partial charge is 0.213 e. The zero-order chi connectivity index (χ0) is 7.61. The number of nitrogens with zero attached hydrogens (tertiary/aromatic N) is 1. The predicted molar refractivity (Wildman–Crippen MR) is 37.4 cm³/mol. The van der Waals surface area contributed by atoms with Gasteiger partial charge in [0.15, 0.2) is 0 Å². The molecule has 0 amide bonds. The summed E-state index contributed by atoms with van der Waals surface area (Å²) in [5.74, 6) is 0. The molecule has 10 heavy (non-hydrogen) atoms. The normalized spacial score (nSPS) is 34.6. The molecule has 1 fully saturated rings. The molecule has 0 saturated carbocycles. The molecule has 3 nitrogen and oxygen atoms in total. The summed E-state index contributed by atoms with van der Waals surface area (Å²) >= 11 is 0. The minimum Gasteiger partial charge on any atom is -0.389 e. The molecule has 1 aliphatic rings. The quantitative estimate of drug-likeness (QED) is 0.568. The summed E-state index contributed by atoms with van der Waals surface area (Å²) in [5, 5.41) is 9.42. The highest BCUT2D eigenvalue weighted by atomic mass is 16.3. The van der Waals surface area contributed by atoms with E-state index >= 15 is 0 Å². The second-order valence-corrected chi connectivity index (χ2v) is 3.10. The molecule has 1 aliphatic heterocycles. The van der Waals surface area contributed by atoms with Gasteiger partial charge in [-0.2, -0.15) is 0 Å². The van der Waals surface area contributed by atoms with Crippen molar-refractivity contribution in [1.82, 2.24) is 4.90 Å². The summed E-state index contributed by atoms with van der Waals surface area (Å²) in [6, 6.07) is 0. The average molecular weight is 142 g/mol. The van der Waals surface area contributed by atoms with Gasteiger partial charge in [-0.1, -0.05) is 0 Å². The van der Waals surface area contributed by atoms with Crippen LogP contribution in [-0.4, -0.2) is 41.5 Å². The lowest BCUT2D eigenvalue weighted by atomic mass is 10.1. The molecule has 0 aromatic carbocycles. The summed E-state index contributed by atoms with van der Waals surface area (Å²) < 4.78 is 0. The van der Waals surface area contributed by atoms with Crippen molar-refractivity contribution >= 4 is 6.29 Å². The minimum atomic E-state index is -0.586. The van der Waals surface area contributed by atoms with Crippen LogP contribution >= 0.6 is 0 Å². The Morgan fingerprint density at radius 3 is 2.90 bits per heavy atom. The van der Waals surface area contributed by atoms with Crippen LogP contribution in [0.5, 0.6) is 0 Å². The van der Waals surface area contributed by atoms with Gasteiger partial charge in [-0.15, -0.1) is 0 Å². The summed E-state index contributed by atoms with van der Waals surface area (Å²) in [5.41, 5.74) is -0.586. The Morgan fingerprint density at radius 1 is 1.80 bits per heavy atom. The molecule has 0 aliphatic carbocycles. The van der Waals surface area contributed by atoms with Gasteiger partial charge in [-0.05, 0) is 13.3 Å². The van der Waals surface area contributed by atoms with Crippen LogP contribution in [-0.2, 0) is 4.79 Å². The van der Waals surface area contributed by atoms with Gasteiger partial charge >= 0.3 is 0 Å². The number of aliphatic hydroxyl groups is 1. The number of likely N-dealkylation sites (tertiary alicyclic amines) is 1. The van der Waals surface area contributed by atoms with E-state index in [0.717, 1.165) is 13.0 Å². The highest BCUT2D eigenvalue weighted by molar-refractivity contribution is 5.53. The Bertz CT molecular complexity index is 134. The molecule has 1 heterocycles. The van der Waals surface area contributed by atoms with Gasteiger partial charge in [-0.25, -0.2) is 0 Å². The molecular formula is C7H12NO2. The van der Waals surface area contributed by atoms with E-state index in [1.807, 2.05) is 11.2 Å². The van der Waals surface area contributed by atoms with E-state index in [4.69, 9.17) is 0 Å². The Labute approximate surface area is 60.6 Å². The largest absolute Gasteiger partial charge is 0.389 e. The molecule has 0 bridgehead atoms. The maximum Gasteiger partial charge on any atom is 0.213 e. The fourth-order valence-corrected chi connectivity index (χ4v) is 1.27. The minimum absolute atomic E-state index is 0.330. The summed E-state index contributed by atoms with van der Waals surface area (Å²) in [7, 11) is 0. The van der Waals surface area contributed by atoms with Crippen molar-refractivity contribution < 1.29 is 9.90 Å². The van der Waals surface area contributed by atoms with Crippen LogP contribution in [0.4, 0.5) is 0 Å². The molecule has 1 saturated heterocycles. The Kier molecular flexibility index (Phi) is 2.06. The van der Waals surface area contributed by atoms with E-state index in [-0.39, 0.29) is 0 Å². The maximum absolute atomic E-state index is 9.92. The van der Waals surface area contributed by atoms with Crippen LogP contribution in [0.25, 0.3) is 0 Å². The Balaban J connectivity index is 2.35. The molecular weight excluding hydrogens is 130 g/mol. The van der Waals surface area contributed by atoms with Crippen molar-refractivity contribution in [2.45, 2.75) is 18.9 Å². The van der Waals surface area contributed by atoms with Crippen LogP contribution in [0, 0.1) is 0 Å². The van der Waals surface area contributed by atoms with Crippen molar-refractivity contribution in [2.75, 3.05) is 19.6 Å². The second kappa shape index (κ2) is 2.68. The van der Waals surface area contributed by atoms with E-state index in [9.17, 15) is 9.90 Å². The third-order valence-electron chi connectivity index (χ3n) is 1.82. The topological polar surface area (TPSA) is 40.5 Å². The zero-order valence-electron chi connectivity index (χ0n) is 6.13. The highest BCUT2D eigenvalue weighted by Crippen LogP contribution is 2.18. The SMILES string of the molecule is C[C@]1(O)CCN(C[C]=O)C1. The molecule has 0 aromatic heterocycles. The van der Waals surface area contributed by atoms with Gasteiger partial charge < -0.3 is 5.11 Å². The number of hydrogen-bond acceptors (Lipinski definition) is 3. The van der Waals surface area contributed by atoms with Gasteiger partial charge in [0.1, 0.15) is 0 Å². The Morgan fingerprint density at radius 2 is 2.50 bits per heavy atom. The number of β-amino-alcohol motifs (C(OH)–C–C–N with tert-alkyl or cyclic N) is 1. The van der Waals surface area contributed by atoms with Gasteiger partial charge in [0.2, 0.25) is 6.29 Å². The number of carbonyl (C=O) groups excluding carboxylic acids is 1. The molecule has 1 atom stereocenters. The lowest BCUT2D eigenvalue weighted by Gasteiger charge is -2.15. The van der Waals surface area contributed by atoms with Crippen LogP contribution in [0.1, 0.15) is 13.3 Å². The summed E-state index contributed by atoms with van der Waals surface area (Å²) in [4.78, 5) is 11.8. The third kappa shape index (κ3) is 1.78. The summed E-state index contributed by atoms with van der Waals surface area (Å²) in [6.45, 7) is 3.53. The monoisotopic (exact) mass is 142 g/mol. The van der Waals surface area contributed by atoms with Crippen LogP contribution in [0.15, 0.2) is 0 Å².